The largest absolute Gasteiger partial charge is 0.497 e. The Morgan fingerprint density at radius 2 is 1.74 bits per heavy atom. The van der Waals surface area contributed by atoms with Crippen molar-refractivity contribution in [3.8, 4) is 5.75 Å². The van der Waals surface area contributed by atoms with E-state index in [0.29, 0.717) is 23.7 Å². The van der Waals surface area contributed by atoms with Crippen molar-refractivity contribution >= 4 is 33.4 Å². The molecule has 1 amide bonds. The van der Waals surface area contributed by atoms with Crippen LogP contribution >= 0.6 is 11.8 Å². The lowest BCUT2D eigenvalue weighted by atomic mass is 10.3. The first-order chi connectivity index (χ1) is 15.0. The number of methoxy groups -OCH3 is 1. The van der Waals surface area contributed by atoms with E-state index in [2.05, 4.69) is 10.3 Å². The van der Waals surface area contributed by atoms with E-state index < -0.39 is 15.9 Å². The average Bonchev–Trinajstić information content (AvgIpc) is 2.81. The van der Waals surface area contributed by atoms with Crippen molar-refractivity contribution in [2.75, 3.05) is 30.3 Å². The molecule has 0 saturated carbocycles. The number of benzene rings is 2. The summed E-state index contributed by atoms with van der Waals surface area (Å²) in [7, 11) is -2.39. The zero-order chi connectivity index (χ0) is 22.1. The van der Waals surface area contributed by atoms with Crippen LogP contribution < -0.4 is 14.4 Å². The van der Waals surface area contributed by atoms with Gasteiger partial charge in [0, 0.05) is 18.5 Å². The number of ether oxygens (including phenoxy) is 1. The number of aromatic nitrogens is 1. The van der Waals surface area contributed by atoms with Gasteiger partial charge >= 0.3 is 0 Å². The fourth-order valence-corrected chi connectivity index (χ4v) is 4.91. The topological polar surface area (TPSA) is 88.6 Å². The number of rotatable bonds is 10. The lowest BCUT2D eigenvalue weighted by Crippen LogP contribution is -2.41. The van der Waals surface area contributed by atoms with Gasteiger partial charge < -0.3 is 10.1 Å². The molecule has 7 nitrogen and oxygen atoms in total. The Labute approximate surface area is 186 Å². The predicted molar refractivity (Wildman–Crippen MR) is 122 cm³/mol. The Bertz CT molecular complexity index is 1080. The maximum absolute atomic E-state index is 13.2. The van der Waals surface area contributed by atoms with Crippen molar-refractivity contribution in [2.45, 2.75) is 9.92 Å². The predicted octanol–water partition coefficient (Wildman–Crippen LogP) is 3.19. The molecule has 0 unspecified atom stereocenters. The van der Waals surface area contributed by atoms with Crippen LogP contribution in [0.5, 0.6) is 5.75 Å². The molecule has 0 spiro atoms. The van der Waals surface area contributed by atoms with E-state index in [9.17, 15) is 13.2 Å². The summed E-state index contributed by atoms with van der Waals surface area (Å²) in [6.45, 7) is 0.0553. The molecule has 9 heteroatoms. The third kappa shape index (κ3) is 6.22. The summed E-state index contributed by atoms with van der Waals surface area (Å²) in [4.78, 5) is 16.9. The van der Waals surface area contributed by atoms with Crippen LogP contribution in [0.25, 0.3) is 0 Å². The van der Waals surface area contributed by atoms with Gasteiger partial charge in [0.25, 0.3) is 10.0 Å². The minimum absolute atomic E-state index is 0.115. The molecular formula is C22H23N3O4S2. The standard InChI is InChI=1S/C22H23N3O4S2/c1-29-19-12-10-18(11-13-19)25(31(27,28)20-7-3-2-4-8-20)17-21(26)23-15-16-30-22-9-5-6-14-24-22/h2-14H,15-17H2,1H3,(H,23,26). The Hall–Kier alpha value is -3.04. The van der Waals surface area contributed by atoms with E-state index in [4.69, 9.17) is 4.74 Å². The quantitative estimate of drug-likeness (QED) is 0.372. The van der Waals surface area contributed by atoms with Crippen LogP contribution in [0.4, 0.5) is 5.69 Å². The number of hydrogen-bond donors (Lipinski definition) is 1. The number of nitrogens with zero attached hydrogens (tertiary/aromatic N) is 2. The fraction of sp³-hybridized carbons (Fsp3) is 0.182. The van der Waals surface area contributed by atoms with Gasteiger partial charge in [0.1, 0.15) is 12.3 Å². The van der Waals surface area contributed by atoms with Gasteiger partial charge in [-0.2, -0.15) is 0 Å². The molecule has 0 radical (unpaired) electrons. The molecule has 0 aliphatic carbocycles. The molecule has 1 N–H and O–H groups in total. The summed E-state index contributed by atoms with van der Waals surface area (Å²) in [6.07, 6.45) is 1.71. The van der Waals surface area contributed by atoms with Crippen LogP contribution in [0.15, 0.2) is 88.9 Å². The first-order valence-corrected chi connectivity index (χ1v) is 12.0. The summed E-state index contributed by atoms with van der Waals surface area (Å²) in [6, 6.07) is 20.2. The van der Waals surface area contributed by atoms with Crippen LogP contribution in [0.3, 0.4) is 0 Å². The first-order valence-electron chi connectivity index (χ1n) is 9.53. The van der Waals surface area contributed by atoms with Gasteiger partial charge in [-0.1, -0.05) is 24.3 Å². The van der Waals surface area contributed by atoms with Crippen molar-refractivity contribution in [1.82, 2.24) is 10.3 Å². The van der Waals surface area contributed by atoms with Gasteiger partial charge in [0.2, 0.25) is 5.91 Å². The molecule has 0 atom stereocenters. The molecule has 0 aliphatic rings. The number of carbonyl (C=O) groups is 1. The molecular weight excluding hydrogens is 434 g/mol. The number of nitrogens with one attached hydrogen (secondary N) is 1. The third-order valence-corrected chi connectivity index (χ3v) is 7.02. The second kappa shape index (κ2) is 10.8. The minimum Gasteiger partial charge on any atom is -0.497 e. The van der Waals surface area contributed by atoms with E-state index >= 15 is 0 Å². The summed E-state index contributed by atoms with van der Waals surface area (Å²) in [5.74, 6) is 0.824. The maximum Gasteiger partial charge on any atom is 0.264 e. The molecule has 162 valence electrons. The van der Waals surface area contributed by atoms with E-state index in [1.807, 2.05) is 18.2 Å². The molecule has 0 bridgehead atoms. The normalized spacial score (nSPS) is 11.0. The average molecular weight is 458 g/mol. The second-order valence-corrected chi connectivity index (χ2v) is 9.37. The molecule has 1 heterocycles. The van der Waals surface area contributed by atoms with E-state index in [1.54, 1.807) is 48.7 Å². The van der Waals surface area contributed by atoms with E-state index in [0.717, 1.165) is 9.33 Å². The summed E-state index contributed by atoms with van der Waals surface area (Å²) in [5.41, 5.74) is 0.377. The molecule has 2 aromatic carbocycles. The molecule has 1 aromatic heterocycles. The summed E-state index contributed by atoms with van der Waals surface area (Å²) < 4.78 is 32.7. The Morgan fingerprint density at radius 3 is 2.39 bits per heavy atom. The Kier molecular flexibility index (Phi) is 7.91. The van der Waals surface area contributed by atoms with Crippen LogP contribution in [0, 0.1) is 0 Å². The number of pyridine rings is 1. The smallest absolute Gasteiger partial charge is 0.264 e. The van der Waals surface area contributed by atoms with Gasteiger partial charge in [-0.05, 0) is 48.5 Å². The highest BCUT2D eigenvalue weighted by Gasteiger charge is 2.27. The Morgan fingerprint density at radius 1 is 1.03 bits per heavy atom. The van der Waals surface area contributed by atoms with Crippen molar-refractivity contribution in [2.24, 2.45) is 0 Å². The fourth-order valence-electron chi connectivity index (χ4n) is 2.75. The number of thioether (sulfide) groups is 1. The second-order valence-electron chi connectivity index (χ2n) is 6.39. The molecule has 3 rings (SSSR count). The van der Waals surface area contributed by atoms with Crippen LogP contribution in [0.1, 0.15) is 0 Å². The lowest BCUT2D eigenvalue weighted by molar-refractivity contribution is -0.119. The number of anilines is 1. The number of amides is 1. The molecule has 0 saturated heterocycles. The minimum atomic E-state index is -3.93. The summed E-state index contributed by atoms with van der Waals surface area (Å²) >= 11 is 1.51. The highest BCUT2D eigenvalue weighted by atomic mass is 32.2. The van der Waals surface area contributed by atoms with E-state index in [-0.39, 0.29) is 11.4 Å². The third-order valence-electron chi connectivity index (χ3n) is 4.29. The highest BCUT2D eigenvalue weighted by molar-refractivity contribution is 7.99. The van der Waals surface area contributed by atoms with Gasteiger partial charge in [0.15, 0.2) is 0 Å². The number of carbonyl (C=O) groups excluding carboxylic acids is 1. The molecule has 3 aromatic rings. The molecule has 31 heavy (non-hydrogen) atoms. The van der Waals surface area contributed by atoms with Crippen molar-refractivity contribution in [1.29, 1.82) is 0 Å². The number of hydrogen-bond acceptors (Lipinski definition) is 6. The zero-order valence-corrected chi connectivity index (χ0v) is 18.6. The van der Waals surface area contributed by atoms with Crippen LogP contribution in [-0.2, 0) is 14.8 Å². The number of sulfonamides is 1. The SMILES string of the molecule is COc1ccc(N(CC(=O)NCCSc2ccccn2)S(=O)(=O)c2ccccc2)cc1. The zero-order valence-electron chi connectivity index (χ0n) is 17.0. The van der Waals surface area contributed by atoms with Gasteiger partial charge in [-0.3, -0.25) is 9.10 Å². The van der Waals surface area contributed by atoms with Crippen LogP contribution in [-0.4, -0.2) is 45.3 Å². The first kappa shape index (κ1) is 22.6. The van der Waals surface area contributed by atoms with Gasteiger partial charge in [-0.25, -0.2) is 13.4 Å². The lowest BCUT2D eigenvalue weighted by Gasteiger charge is -2.24. The summed E-state index contributed by atoms with van der Waals surface area (Å²) in [5, 5.41) is 3.65. The Balaban J connectivity index is 1.71. The van der Waals surface area contributed by atoms with Crippen molar-refractivity contribution in [3.05, 3.63) is 79.0 Å². The van der Waals surface area contributed by atoms with E-state index in [1.165, 1.54) is 31.0 Å². The van der Waals surface area contributed by atoms with Crippen molar-refractivity contribution in [3.63, 3.8) is 0 Å². The van der Waals surface area contributed by atoms with Gasteiger partial charge in [-0.15, -0.1) is 11.8 Å². The molecule has 0 fully saturated rings. The monoisotopic (exact) mass is 457 g/mol. The van der Waals surface area contributed by atoms with Gasteiger partial charge in [0.05, 0.1) is 22.7 Å². The molecule has 0 aliphatic heterocycles. The van der Waals surface area contributed by atoms with Crippen LogP contribution in [0.2, 0.25) is 0 Å². The maximum atomic E-state index is 13.2. The van der Waals surface area contributed by atoms with Crippen molar-refractivity contribution < 1.29 is 17.9 Å². The highest BCUT2D eigenvalue weighted by Crippen LogP contribution is 2.25.